The molecule has 0 aromatic rings. The van der Waals surface area contributed by atoms with Gasteiger partial charge in [0.05, 0.1) is 13.2 Å². The Kier molecular flexibility index (Phi) is 68.1. The molecule has 0 saturated carbocycles. The van der Waals surface area contributed by atoms with E-state index in [0.717, 1.165) is 109 Å². The summed E-state index contributed by atoms with van der Waals surface area (Å²) in [5.74, 6) is -0.823. The summed E-state index contributed by atoms with van der Waals surface area (Å²) in [6, 6.07) is 0. The van der Waals surface area contributed by atoms with Crippen molar-refractivity contribution in [1.82, 2.24) is 0 Å². The second-order valence-corrected chi connectivity index (χ2v) is 24.8. The lowest BCUT2D eigenvalue weighted by Gasteiger charge is -2.19. The van der Waals surface area contributed by atoms with Crippen molar-refractivity contribution in [2.75, 3.05) is 26.4 Å². The van der Waals surface area contributed by atoms with Crippen LogP contribution in [0.2, 0.25) is 0 Å². The third kappa shape index (κ3) is 71.1. The van der Waals surface area contributed by atoms with Crippen LogP contribution in [0.5, 0.6) is 0 Å². The van der Waals surface area contributed by atoms with E-state index in [1.807, 2.05) is 0 Å². The van der Waals surface area contributed by atoms with Crippen molar-refractivity contribution < 1.29 is 37.6 Å². The first-order valence-electron chi connectivity index (χ1n) is 35.7. The predicted octanol–water partition coefficient (Wildman–Crippen LogP) is 23.6. The maximum Gasteiger partial charge on any atom is 0.472 e. The highest BCUT2D eigenvalue weighted by atomic mass is 31.2. The number of hydrogen-bond acceptors (Lipinski definition) is 8. The summed E-state index contributed by atoms with van der Waals surface area (Å²) in [7, 11) is -4.40. The van der Waals surface area contributed by atoms with E-state index in [-0.39, 0.29) is 38.6 Å². The number of ether oxygens (including phenoxy) is 2. The predicted molar refractivity (Wildman–Crippen MR) is 376 cm³/mol. The molecule has 0 aromatic heterocycles. The number of unbranched alkanes of at least 4 members (excludes halogenated alkanes) is 31. The van der Waals surface area contributed by atoms with Crippen LogP contribution in [0.3, 0.4) is 0 Å². The molecule has 0 aliphatic carbocycles. The van der Waals surface area contributed by atoms with Gasteiger partial charge in [-0.25, -0.2) is 4.57 Å². The van der Waals surface area contributed by atoms with Crippen LogP contribution in [-0.2, 0) is 32.7 Å². The minimum absolute atomic E-state index is 0.0497. The monoisotopic (exact) mass is 1230 g/mol. The molecule has 0 spiro atoms. The van der Waals surface area contributed by atoms with Gasteiger partial charge >= 0.3 is 19.8 Å². The fraction of sp³-hybridized carbons (Fsp3) is 0.688. The van der Waals surface area contributed by atoms with E-state index in [1.54, 1.807) is 0 Å². The van der Waals surface area contributed by atoms with E-state index in [1.165, 1.54) is 167 Å². The number of phosphoric acid groups is 1. The fourth-order valence-corrected chi connectivity index (χ4v) is 10.6. The van der Waals surface area contributed by atoms with Gasteiger partial charge in [0.2, 0.25) is 0 Å². The highest BCUT2D eigenvalue weighted by Crippen LogP contribution is 2.43. The van der Waals surface area contributed by atoms with E-state index >= 15 is 0 Å². The maximum atomic E-state index is 12.8. The zero-order chi connectivity index (χ0) is 63.0. The van der Waals surface area contributed by atoms with Crippen molar-refractivity contribution >= 4 is 19.8 Å². The number of hydrogen-bond donors (Lipinski definition) is 2. The molecule has 0 aromatic carbocycles. The Hall–Kier alpha value is -3.85. The second kappa shape index (κ2) is 71.2. The number of nitrogens with two attached hydrogens (primary N) is 1. The van der Waals surface area contributed by atoms with Crippen LogP contribution in [0.15, 0.2) is 134 Å². The van der Waals surface area contributed by atoms with Crippen LogP contribution in [0.1, 0.15) is 309 Å². The van der Waals surface area contributed by atoms with Crippen molar-refractivity contribution in [2.24, 2.45) is 5.73 Å². The summed E-state index contributed by atoms with van der Waals surface area (Å²) in [5.41, 5.74) is 5.41. The van der Waals surface area contributed by atoms with Gasteiger partial charge < -0.3 is 20.1 Å². The van der Waals surface area contributed by atoms with E-state index in [2.05, 4.69) is 148 Å². The summed E-state index contributed by atoms with van der Waals surface area (Å²) in [6.45, 7) is 3.54. The molecule has 2 atom stereocenters. The number of carbonyl (C=O) groups is 2. The SMILES string of the molecule is CC/C=C\C/C=C\C/C=C\C/C=C\C/C=C\C/C=C\C/C=C\CCCCCCCCCCCCCCCCCC(=O)OC(COC(=O)CCCCCCCCCCCCCCCCCC/C=C\C/C=C\C/C=C\C/C=C\CC)COP(=O)(O)OCCN. The topological polar surface area (TPSA) is 134 Å². The first kappa shape index (κ1) is 83.2. The number of carbonyl (C=O) groups excluding carboxylic acids is 2. The molecule has 0 saturated heterocycles. The molecular formula is C77H132NO8P. The fourth-order valence-electron chi connectivity index (χ4n) is 9.85. The lowest BCUT2D eigenvalue weighted by molar-refractivity contribution is -0.161. The summed E-state index contributed by atoms with van der Waals surface area (Å²) < 4.78 is 33.2. The molecule has 0 amide bonds. The molecular weight excluding hydrogens is 1100 g/mol. The highest BCUT2D eigenvalue weighted by Gasteiger charge is 2.26. The van der Waals surface area contributed by atoms with Crippen molar-refractivity contribution in [3.63, 3.8) is 0 Å². The lowest BCUT2D eigenvalue weighted by atomic mass is 10.0. The molecule has 0 aliphatic heterocycles. The van der Waals surface area contributed by atoms with Gasteiger partial charge in [0, 0.05) is 19.4 Å². The number of phosphoric ester groups is 1. The summed E-state index contributed by atoms with van der Waals surface area (Å²) in [4.78, 5) is 35.4. The van der Waals surface area contributed by atoms with Gasteiger partial charge in [-0.15, -0.1) is 0 Å². The van der Waals surface area contributed by atoms with Gasteiger partial charge in [0.25, 0.3) is 0 Å². The standard InChI is InChI=1S/C77H132NO8P/c1-3-5-7-9-11-13-15-17-19-21-23-25-27-29-31-33-34-35-36-37-38-39-40-42-44-46-48-50-52-54-56-58-60-62-64-66-68-70-77(80)86-75(74-85-87(81,82)84-72-71-78)73-83-76(79)69-67-65-63-61-59-57-55-53-51-49-47-45-43-41-32-30-28-26-24-22-20-18-16-14-12-10-8-6-4-2/h5-8,11-14,17-20,23-26,29,31,34-35,37-38,75H,3-4,9-10,15-16,21-22,27-28,30,32-33,36,39-74,78H2,1-2H3,(H,81,82)/b7-5-,8-6-,13-11-,14-12-,19-17-,20-18-,25-23-,26-24-,31-29-,35-34-,38-37-. The van der Waals surface area contributed by atoms with Crippen molar-refractivity contribution in [2.45, 2.75) is 315 Å². The van der Waals surface area contributed by atoms with Crippen LogP contribution in [0, 0.1) is 0 Å². The lowest BCUT2D eigenvalue weighted by Crippen LogP contribution is -2.29. The van der Waals surface area contributed by atoms with Crippen molar-refractivity contribution in [3.05, 3.63) is 134 Å². The van der Waals surface area contributed by atoms with Crippen LogP contribution in [0.4, 0.5) is 0 Å². The van der Waals surface area contributed by atoms with Crippen molar-refractivity contribution in [3.8, 4) is 0 Å². The average molecular weight is 1230 g/mol. The number of esters is 2. The number of rotatable bonds is 66. The van der Waals surface area contributed by atoms with Gasteiger partial charge in [0.15, 0.2) is 6.10 Å². The van der Waals surface area contributed by atoms with E-state index < -0.39 is 26.5 Å². The Balaban J connectivity index is 3.88. The maximum absolute atomic E-state index is 12.8. The molecule has 9 nitrogen and oxygen atoms in total. The molecule has 498 valence electrons. The van der Waals surface area contributed by atoms with Crippen LogP contribution < -0.4 is 5.73 Å². The largest absolute Gasteiger partial charge is 0.472 e. The molecule has 0 aliphatic rings. The van der Waals surface area contributed by atoms with Crippen molar-refractivity contribution in [1.29, 1.82) is 0 Å². The van der Waals surface area contributed by atoms with E-state index in [4.69, 9.17) is 24.3 Å². The Morgan fingerprint density at radius 3 is 0.885 bits per heavy atom. The normalized spacial score (nSPS) is 13.7. The average Bonchev–Trinajstić information content (AvgIpc) is 3.65. The van der Waals surface area contributed by atoms with Gasteiger partial charge in [-0.2, -0.15) is 0 Å². The van der Waals surface area contributed by atoms with E-state index in [0.29, 0.717) is 6.42 Å². The molecule has 0 radical (unpaired) electrons. The zero-order valence-electron chi connectivity index (χ0n) is 56.0. The molecule has 2 unspecified atom stereocenters. The smallest absolute Gasteiger partial charge is 0.462 e. The minimum Gasteiger partial charge on any atom is -0.462 e. The Bertz CT molecular complexity index is 1890. The Morgan fingerprint density at radius 1 is 0.345 bits per heavy atom. The van der Waals surface area contributed by atoms with Gasteiger partial charge in [-0.3, -0.25) is 18.6 Å². The second-order valence-electron chi connectivity index (χ2n) is 23.3. The van der Waals surface area contributed by atoms with Gasteiger partial charge in [0.1, 0.15) is 6.61 Å². The van der Waals surface area contributed by atoms with Gasteiger partial charge in [-0.1, -0.05) is 321 Å². The van der Waals surface area contributed by atoms with Crippen LogP contribution in [-0.4, -0.2) is 49.3 Å². The van der Waals surface area contributed by atoms with Gasteiger partial charge in [-0.05, 0) is 109 Å². The molecule has 10 heteroatoms. The Labute approximate surface area is 535 Å². The minimum atomic E-state index is -4.40. The van der Waals surface area contributed by atoms with Crippen LogP contribution in [0.25, 0.3) is 0 Å². The summed E-state index contributed by atoms with van der Waals surface area (Å²) in [6.07, 6.45) is 101. The molecule has 0 rings (SSSR count). The quantitative estimate of drug-likeness (QED) is 0.0264. The molecule has 87 heavy (non-hydrogen) atoms. The molecule has 3 N–H and O–H groups in total. The summed E-state index contributed by atoms with van der Waals surface area (Å²) >= 11 is 0. The molecule has 0 fully saturated rings. The summed E-state index contributed by atoms with van der Waals surface area (Å²) in [5, 5.41) is 0. The van der Waals surface area contributed by atoms with E-state index in [9.17, 15) is 19.0 Å². The molecule has 0 heterocycles. The Morgan fingerprint density at radius 2 is 0.598 bits per heavy atom. The molecule has 0 bridgehead atoms. The van der Waals surface area contributed by atoms with Crippen LogP contribution >= 0.6 is 7.82 Å². The third-order valence-electron chi connectivity index (χ3n) is 15.0. The first-order valence-corrected chi connectivity index (χ1v) is 37.2. The highest BCUT2D eigenvalue weighted by molar-refractivity contribution is 7.47. The first-order chi connectivity index (χ1) is 42.8. The third-order valence-corrected chi connectivity index (χ3v) is 16.0. The number of allylic oxidation sites excluding steroid dienone is 22. The zero-order valence-corrected chi connectivity index (χ0v) is 56.9.